The Hall–Kier alpha value is -2.94. The van der Waals surface area contributed by atoms with Crippen molar-refractivity contribution in [2.45, 2.75) is 25.2 Å². The lowest BCUT2D eigenvalue weighted by Gasteiger charge is -2.19. The molecule has 4 aromatic rings. The third-order valence-electron chi connectivity index (χ3n) is 5.71. The normalized spacial score (nSPS) is 16.1. The van der Waals surface area contributed by atoms with Crippen LogP contribution in [0.2, 0.25) is 5.02 Å². The van der Waals surface area contributed by atoms with Crippen LogP contribution in [0, 0.1) is 11.7 Å². The average Bonchev–Trinajstić information content (AvgIpc) is 3.06. The molecular weight excluding hydrogens is 458 g/mol. The Morgan fingerprint density at radius 2 is 1.97 bits per heavy atom. The summed E-state index contributed by atoms with van der Waals surface area (Å²) in [7, 11) is -2.92. The zero-order chi connectivity index (χ0) is 23.2. The average molecular weight is 482 g/mol. The number of rotatable bonds is 4. The van der Waals surface area contributed by atoms with Gasteiger partial charge in [-0.15, -0.1) is 0 Å². The summed E-state index contributed by atoms with van der Waals surface area (Å²) in [4.78, 5) is 10.5. The minimum atomic E-state index is -2.92. The van der Waals surface area contributed by atoms with E-state index < -0.39 is 9.73 Å². The highest BCUT2D eigenvalue weighted by Gasteiger charge is 2.20. The molecule has 0 saturated carbocycles. The van der Waals surface area contributed by atoms with Crippen LogP contribution < -0.4 is 4.74 Å². The number of nitrogens with one attached hydrogen (secondary N) is 1. The molecule has 0 amide bonds. The van der Waals surface area contributed by atoms with Crippen molar-refractivity contribution in [3.63, 3.8) is 0 Å². The van der Waals surface area contributed by atoms with Crippen molar-refractivity contribution in [1.82, 2.24) is 19.4 Å². The van der Waals surface area contributed by atoms with Gasteiger partial charge in [0.25, 0.3) is 0 Å². The van der Waals surface area contributed by atoms with Crippen molar-refractivity contribution in [2.24, 2.45) is 0 Å². The smallest absolute Gasteiger partial charge is 0.226 e. The summed E-state index contributed by atoms with van der Waals surface area (Å²) in [6, 6.07) is 12.6. The Balaban J connectivity index is 1.44. The molecule has 2 aromatic heterocycles. The first-order valence-corrected chi connectivity index (χ1v) is 12.9. The van der Waals surface area contributed by atoms with E-state index in [0.717, 1.165) is 34.6 Å². The molecule has 0 spiro atoms. The van der Waals surface area contributed by atoms with Gasteiger partial charge in [-0.2, -0.15) is 0 Å². The molecule has 1 N–H and O–H groups in total. The second-order valence-corrected chi connectivity index (χ2v) is 10.9. The molecule has 1 aliphatic rings. The first kappa shape index (κ1) is 21.9. The van der Waals surface area contributed by atoms with Gasteiger partial charge in [0.2, 0.25) is 5.16 Å². The van der Waals surface area contributed by atoms with Crippen LogP contribution in [0.1, 0.15) is 16.7 Å². The van der Waals surface area contributed by atoms with Gasteiger partial charge in [-0.25, -0.2) is 19.0 Å². The maximum Gasteiger partial charge on any atom is 0.226 e. The molecule has 2 aromatic carbocycles. The minimum absolute atomic E-state index is 0.0568. The van der Waals surface area contributed by atoms with Crippen molar-refractivity contribution >= 4 is 32.2 Å². The van der Waals surface area contributed by atoms with E-state index in [2.05, 4.69) is 62.9 Å². The van der Waals surface area contributed by atoms with E-state index in [1.54, 1.807) is 12.4 Å². The Kier molecular flexibility index (Phi) is 5.60. The van der Waals surface area contributed by atoms with Gasteiger partial charge < -0.3 is 9.30 Å². The number of aryl methyl sites for hydroxylation is 1. The molecule has 33 heavy (non-hydrogen) atoms. The summed E-state index contributed by atoms with van der Waals surface area (Å²) in [6.07, 6.45) is 6.67. The number of hydrogen-bond acceptors (Lipinski definition) is 6. The molecule has 170 valence electrons. The van der Waals surface area contributed by atoms with E-state index in [-0.39, 0.29) is 5.16 Å². The fraction of sp³-hybridized carbons (Fsp3) is 0.250. The van der Waals surface area contributed by atoms with Gasteiger partial charge in [0.1, 0.15) is 22.1 Å². The van der Waals surface area contributed by atoms with Crippen LogP contribution in [0.25, 0.3) is 16.6 Å². The second-order valence-electron chi connectivity index (χ2n) is 8.44. The van der Waals surface area contributed by atoms with Crippen LogP contribution in [0.5, 0.6) is 5.75 Å². The molecular formula is C24H24ClN5O2S. The topological polar surface area (TPSA) is 84.1 Å². The summed E-state index contributed by atoms with van der Waals surface area (Å²) < 4.78 is 27.6. The fourth-order valence-electron chi connectivity index (χ4n) is 4.16. The SMILES string of the molecule is Cc1ccc2c(ccn2-c2cc(Cl)c3c(c2)CN(Cc2cnc(S(C)(=N)=O)nc2)CCO3)c1. The molecule has 0 radical (unpaired) electrons. The van der Waals surface area contributed by atoms with Crippen molar-refractivity contribution < 1.29 is 8.95 Å². The standard InChI is InChI=1S/C24H24ClN5O2S/c1-16-3-4-22-18(9-16)5-6-30(22)20-10-19-15-29(7-8-32-23(19)21(25)11-20)14-17-12-27-24(28-13-17)33(2,26)31/h3-6,9-13,26H,7-8,14-15H2,1-2H3. The number of fused-ring (bicyclic) bond motifs is 2. The first-order valence-electron chi connectivity index (χ1n) is 10.6. The van der Waals surface area contributed by atoms with E-state index in [4.69, 9.17) is 21.1 Å². The van der Waals surface area contributed by atoms with Crippen LogP contribution in [-0.4, -0.2) is 43.1 Å². The fourth-order valence-corrected chi connectivity index (χ4v) is 4.95. The predicted octanol–water partition coefficient (Wildman–Crippen LogP) is 4.81. The maximum atomic E-state index is 11.8. The number of nitrogens with zero attached hydrogens (tertiary/aromatic N) is 4. The summed E-state index contributed by atoms with van der Waals surface area (Å²) in [6.45, 7) is 4.60. The third kappa shape index (κ3) is 4.46. The van der Waals surface area contributed by atoms with Gasteiger partial charge in [0.05, 0.1) is 10.5 Å². The van der Waals surface area contributed by atoms with Gasteiger partial charge in [0.15, 0.2) is 0 Å². The Bertz CT molecular complexity index is 1450. The van der Waals surface area contributed by atoms with E-state index in [1.165, 1.54) is 17.2 Å². The van der Waals surface area contributed by atoms with Gasteiger partial charge in [-0.3, -0.25) is 4.90 Å². The van der Waals surface area contributed by atoms with Crippen LogP contribution in [0.3, 0.4) is 0 Å². The van der Waals surface area contributed by atoms with Crippen molar-refractivity contribution in [3.05, 3.63) is 76.7 Å². The van der Waals surface area contributed by atoms with E-state index >= 15 is 0 Å². The molecule has 5 rings (SSSR count). The van der Waals surface area contributed by atoms with Crippen molar-refractivity contribution in [2.75, 3.05) is 19.4 Å². The largest absolute Gasteiger partial charge is 0.490 e. The van der Waals surface area contributed by atoms with Crippen molar-refractivity contribution in [3.8, 4) is 11.4 Å². The quantitative estimate of drug-likeness (QED) is 0.423. The number of hydrogen-bond donors (Lipinski definition) is 1. The minimum Gasteiger partial charge on any atom is -0.490 e. The van der Waals surface area contributed by atoms with Gasteiger partial charge in [-0.1, -0.05) is 23.2 Å². The third-order valence-corrected chi connectivity index (χ3v) is 6.90. The van der Waals surface area contributed by atoms with Gasteiger partial charge in [0, 0.05) is 66.7 Å². The Morgan fingerprint density at radius 1 is 1.18 bits per heavy atom. The number of halogens is 1. The van der Waals surface area contributed by atoms with Crippen LogP contribution in [-0.2, 0) is 22.8 Å². The zero-order valence-corrected chi connectivity index (χ0v) is 20.0. The Morgan fingerprint density at radius 3 is 2.73 bits per heavy atom. The molecule has 1 unspecified atom stereocenters. The van der Waals surface area contributed by atoms with Crippen LogP contribution in [0.4, 0.5) is 0 Å². The summed E-state index contributed by atoms with van der Waals surface area (Å²) in [5.41, 5.74) is 5.25. The van der Waals surface area contributed by atoms with Gasteiger partial charge in [-0.05, 0) is 37.3 Å². The number of ether oxygens (including phenoxy) is 1. The lowest BCUT2D eigenvalue weighted by atomic mass is 10.1. The molecule has 1 atom stereocenters. The number of benzene rings is 2. The first-order chi connectivity index (χ1) is 15.8. The summed E-state index contributed by atoms with van der Waals surface area (Å²) in [5, 5.41) is 1.84. The highest BCUT2D eigenvalue weighted by molar-refractivity contribution is 7.91. The molecule has 0 fully saturated rings. The van der Waals surface area contributed by atoms with Gasteiger partial charge >= 0.3 is 0 Å². The van der Waals surface area contributed by atoms with E-state index in [1.807, 2.05) is 6.07 Å². The molecule has 0 bridgehead atoms. The van der Waals surface area contributed by atoms with Crippen LogP contribution >= 0.6 is 11.6 Å². The Labute approximate surface area is 198 Å². The number of aromatic nitrogens is 3. The second kappa shape index (κ2) is 8.44. The molecule has 0 aliphatic carbocycles. The molecule has 9 heteroatoms. The summed E-state index contributed by atoms with van der Waals surface area (Å²) in [5.74, 6) is 0.724. The zero-order valence-electron chi connectivity index (χ0n) is 18.4. The van der Waals surface area contributed by atoms with E-state index in [0.29, 0.717) is 24.7 Å². The highest BCUT2D eigenvalue weighted by Crippen LogP contribution is 2.35. The lowest BCUT2D eigenvalue weighted by molar-refractivity contribution is 0.219. The molecule has 1 aliphatic heterocycles. The summed E-state index contributed by atoms with van der Waals surface area (Å²) >= 11 is 6.66. The molecule has 3 heterocycles. The predicted molar refractivity (Wildman–Crippen MR) is 130 cm³/mol. The van der Waals surface area contributed by atoms with Crippen molar-refractivity contribution in [1.29, 1.82) is 4.78 Å². The monoisotopic (exact) mass is 481 g/mol. The lowest BCUT2D eigenvalue weighted by Crippen LogP contribution is -2.25. The van der Waals surface area contributed by atoms with Crippen LogP contribution in [0.15, 0.2) is 60.1 Å². The van der Waals surface area contributed by atoms with E-state index in [9.17, 15) is 4.21 Å². The molecule has 7 nitrogen and oxygen atoms in total. The maximum absolute atomic E-state index is 11.8. The molecule has 0 saturated heterocycles. The highest BCUT2D eigenvalue weighted by atomic mass is 35.5.